The average molecular weight is 539 g/mol. The van der Waals surface area contributed by atoms with E-state index in [2.05, 4.69) is 35.2 Å². The number of nitro groups is 1. The van der Waals surface area contributed by atoms with Crippen LogP contribution < -0.4 is 19.1 Å². The number of anilines is 1. The third-order valence-electron chi connectivity index (χ3n) is 6.71. The summed E-state index contributed by atoms with van der Waals surface area (Å²) in [6.07, 6.45) is 0.357. The van der Waals surface area contributed by atoms with Crippen molar-refractivity contribution in [1.82, 2.24) is 0 Å². The van der Waals surface area contributed by atoms with Crippen LogP contribution in [-0.4, -0.2) is 30.1 Å². The third-order valence-corrected chi connectivity index (χ3v) is 6.71. The van der Waals surface area contributed by atoms with E-state index in [4.69, 9.17) is 14.2 Å². The van der Waals surface area contributed by atoms with Gasteiger partial charge in [0.1, 0.15) is 23.9 Å². The van der Waals surface area contributed by atoms with Crippen LogP contribution in [0.4, 0.5) is 11.4 Å². The number of carbonyl (C=O) groups is 1. The molecule has 8 heteroatoms. The van der Waals surface area contributed by atoms with E-state index in [1.165, 1.54) is 29.8 Å². The van der Waals surface area contributed by atoms with Crippen LogP contribution in [0.25, 0.3) is 0 Å². The number of carbonyl (C=O) groups excluding carboxylic acids is 1. The molecular weight excluding hydrogens is 508 g/mol. The fraction of sp³-hybridized carbons (Fsp3) is 0.219. The van der Waals surface area contributed by atoms with Gasteiger partial charge in [0, 0.05) is 18.7 Å². The third kappa shape index (κ3) is 6.77. The summed E-state index contributed by atoms with van der Waals surface area (Å²) in [6.45, 7) is 3.68. The van der Waals surface area contributed by atoms with Crippen LogP contribution in [-0.2, 0) is 17.8 Å². The highest BCUT2D eigenvalue weighted by atomic mass is 16.6. The molecule has 1 aliphatic rings. The van der Waals surface area contributed by atoms with Crippen LogP contribution in [0.15, 0.2) is 103 Å². The van der Waals surface area contributed by atoms with Gasteiger partial charge in [0.05, 0.1) is 23.1 Å². The van der Waals surface area contributed by atoms with Crippen molar-refractivity contribution in [1.29, 1.82) is 0 Å². The Morgan fingerprint density at radius 1 is 0.925 bits per heavy atom. The summed E-state index contributed by atoms with van der Waals surface area (Å²) in [4.78, 5) is 25.1. The zero-order valence-electron chi connectivity index (χ0n) is 22.1. The minimum Gasteiger partial charge on any atom is -0.490 e. The Bertz CT molecular complexity index is 1440. The first-order valence-corrected chi connectivity index (χ1v) is 13.2. The van der Waals surface area contributed by atoms with Crippen LogP contribution >= 0.6 is 0 Å². The number of nitrogens with zero attached hydrogens (tertiary/aromatic N) is 2. The SMILES string of the molecule is CC(Cc1ccc(OCC2CN(Cc3ccccc3)c3ccccc3O2)cc1)C(=O)Oc1ccc([N+](=O)[O-])cc1. The van der Waals surface area contributed by atoms with Crippen molar-refractivity contribution in [2.75, 3.05) is 18.1 Å². The van der Waals surface area contributed by atoms with Gasteiger partial charge in [-0.3, -0.25) is 14.9 Å². The molecule has 2 unspecified atom stereocenters. The van der Waals surface area contributed by atoms with Gasteiger partial charge in [-0.2, -0.15) is 0 Å². The summed E-state index contributed by atoms with van der Waals surface area (Å²) in [6, 6.07) is 31.6. The van der Waals surface area contributed by atoms with E-state index >= 15 is 0 Å². The van der Waals surface area contributed by atoms with E-state index in [1.54, 1.807) is 6.92 Å². The number of fused-ring (bicyclic) bond motifs is 1. The van der Waals surface area contributed by atoms with Crippen LogP contribution in [0.5, 0.6) is 17.2 Å². The number of ether oxygens (including phenoxy) is 3. The second-order valence-electron chi connectivity index (χ2n) is 9.81. The Labute approximate surface area is 232 Å². The number of benzene rings is 4. The Hall–Kier alpha value is -4.85. The maximum absolute atomic E-state index is 12.5. The molecule has 0 amide bonds. The van der Waals surface area contributed by atoms with Crippen molar-refractivity contribution in [2.45, 2.75) is 26.0 Å². The van der Waals surface area contributed by atoms with E-state index in [0.717, 1.165) is 29.3 Å². The van der Waals surface area contributed by atoms with Crippen molar-refractivity contribution < 1.29 is 23.9 Å². The normalized spacial score (nSPS) is 14.9. The van der Waals surface area contributed by atoms with Crippen molar-refractivity contribution >= 4 is 17.3 Å². The summed E-state index contributed by atoms with van der Waals surface area (Å²) in [5, 5.41) is 10.8. The minimum atomic E-state index is -0.497. The lowest BCUT2D eigenvalue weighted by Gasteiger charge is -2.36. The van der Waals surface area contributed by atoms with Gasteiger partial charge in [-0.15, -0.1) is 0 Å². The number of non-ortho nitro benzene ring substituents is 1. The summed E-state index contributed by atoms with van der Waals surface area (Å²) in [5.41, 5.74) is 3.23. The van der Waals surface area contributed by atoms with E-state index in [-0.39, 0.29) is 17.5 Å². The molecule has 0 fully saturated rings. The van der Waals surface area contributed by atoms with Gasteiger partial charge in [-0.25, -0.2) is 0 Å². The van der Waals surface area contributed by atoms with Crippen LogP contribution in [0.1, 0.15) is 18.1 Å². The number of para-hydroxylation sites is 2. The topological polar surface area (TPSA) is 91.1 Å². The highest BCUT2D eigenvalue weighted by Crippen LogP contribution is 2.34. The van der Waals surface area contributed by atoms with Crippen molar-refractivity contribution in [2.24, 2.45) is 5.92 Å². The van der Waals surface area contributed by atoms with Crippen molar-refractivity contribution in [3.63, 3.8) is 0 Å². The molecule has 40 heavy (non-hydrogen) atoms. The number of esters is 1. The maximum atomic E-state index is 12.5. The number of rotatable bonds is 10. The second-order valence-corrected chi connectivity index (χ2v) is 9.81. The number of hydrogen-bond donors (Lipinski definition) is 0. The smallest absolute Gasteiger partial charge is 0.314 e. The Balaban J connectivity index is 1.14. The summed E-state index contributed by atoms with van der Waals surface area (Å²) in [5.74, 6) is 1.06. The summed E-state index contributed by atoms with van der Waals surface area (Å²) < 4.78 is 17.7. The van der Waals surface area contributed by atoms with E-state index in [9.17, 15) is 14.9 Å². The van der Waals surface area contributed by atoms with Crippen LogP contribution in [0.2, 0.25) is 0 Å². The van der Waals surface area contributed by atoms with E-state index in [0.29, 0.717) is 19.6 Å². The predicted molar refractivity (Wildman–Crippen MR) is 152 cm³/mol. The summed E-state index contributed by atoms with van der Waals surface area (Å²) in [7, 11) is 0. The highest BCUT2D eigenvalue weighted by molar-refractivity contribution is 5.75. The molecule has 1 heterocycles. The molecule has 0 saturated heterocycles. The Kier molecular flexibility index (Phi) is 8.25. The van der Waals surface area contributed by atoms with E-state index in [1.807, 2.05) is 48.5 Å². The predicted octanol–water partition coefficient (Wildman–Crippen LogP) is 6.23. The quantitative estimate of drug-likeness (QED) is 0.102. The number of nitro benzene ring substituents is 1. The standard InChI is InChI=1S/C32H30N2O6/c1-23(32(35)40-28-17-13-26(14-18-28)34(36)37)19-24-11-15-27(16-12-24)38-22-29-21-33(20-25-7-3-2-4-8-25)30-9-5-6-10-31(30)39-29/h2-18,23,29H,19-22H2,1H3. The summed E-state index contributed by atoms with van der Waals surface area (Å²) >= 11 is 0. The lowest BCUT2D eigenvalue weighted by molar-refractivity contribution is -0.384. The molecule has 0 radical (unpaired) electrons. The molecule has 0 bridgehead atoms. The van der Waals surface area contributed by atoms with Crippen molar-refractivity contribution in [3.05, 3.63) is 124 Å². The second kappa shape index (κ2) is 12.3. The molecule has 4 aromatic rings. The molecule has 1 aliphatic heterocycles. The molecule has 0 saturated carbocycles. The van der Waals surface area contributed by atoms with Gasteiger partial charge in [-0.05, 0) is 53.9 Å². The molecule has 4 aromatic carbocycles. The molecule has 8 nitrogen and oxygen atoms in total. The van der Waals surface area contributed by atoms with E-state index < -0.39 is 16.8 Å². The van der Waals surface area contributed by atoms with Crippen LogP contribution in [0, 0.1) is 16.0 Å². The molecule has 0 N–H and O–H groups in total. The van der Waals surface area contributed by atoms with Gasteiger partial charge >= 0.3 is 5.97 Å². The molecule has 0 spiro atoms. The fourth-order valence-corrected chi connectivity index (χ4v) is 4.62. The zero-order valence-corrected chi connectivity index (χ0v) is 22.1. The first kappa shape index (κ1) is 26.7. The fourth-order valence-electron chi connectivity index (χ4n) is 4.62. The van der Waals surface area contributed by atoms with Gasteiger partial charge in [0.15, 0.2) is 6.10 Å². The molecule has 0 aromatic heterocycles. The molecule has 2 atom stereocenters. The lowest BCUT2D eigenvalue weighted by Crippen LogP contribution is -2.42. The first-order chi connectivity index (χ1) is 19.4. The molecular formula is C32H30N2O6. The Morgan fingerprint density at radius 3 is 2.33 bits per heavy atom. The zero-order chi connectivity index (χ0) is 27.9. The maximum Gasteiger partial charge on any atom is 0.314 e. The molecule has 5 rings (SSSR count). The average Bonchev–Trinajstić information content (AvgIpc) is 2.97. The van der Waals surface area contributed by atoms with Gasteiger partial charge < -0.3 is 19.1 Å². The molecule has 0 aliphatic carbocycles. The number of hydrogen-bond acceptors (Lipinski definition) is 7. The molecule has 204 valence electrons. The highest BCUT2D eigenvalue weighted by Gasteiger charge is 2.26. The largest absolute Gasteiger partial charge is 0.490 e. The van der Waals surface area contributed by atoms with Gasteiger partial charge in [-0.1, -0.05) is 61.5 Å². The van der Waals surface area contributed by atoms with Crippen LogP contribution in [0.3, 0.4) is 0 Å². The van der Waals surface area contributed by atoms with Gasteiger partial charge in [0.2, 0.25) is 0 Å². The minimum absolute atomic E-state index is 0.0560. The monoisotopic (exact) mass is 538 g/mol. The lowest BCUT2D eigenvalue weighted by atomic mass is 10.0. The van der Waals surface area contributed by atoms with Gasteiger partial charge in [0.25, 0.3) is 5.69 Å². The first-order valence-electron chi connectivity index (χ1n) is 13.2. The van der Waals surface area contributed by atoms with Crippen molar-refractivity contribution in [3.8, 4) is 17.2 Å². The Morgan fingerprint density at radius 2 is 1.60 bits per heavy atom.